The lowest BCUT2D eigenvalue weighted by atomic mass is 10.0. The van der Waals surface area contributed by atoms with Crippen LogP contribution >= 0.6 is 0 Å². The second kappa shape index (κ2) is 9.33. The summed E-state index contributed by atoms with van der Waals surface area (Å²) in [5, 5.41) is 15.3. The second-order valence-corrected chi connectivity index (χ2v) is 9.57. The van der Waals surface area contributed by atoms with Gasteiger partial charge in [-0.05, 0) is 22.4 Å². The number of nitrogens with one attached hydrogen (secondary N) is 1. The predicted octanol–water partition coefficient (Wildman–Crippen LogP) is 5.78. The molecule has 0 bridgehead atoms. The Balaban J connectivity index is 1.60. The van der Waals surface area contributed by atoms with Gasteiger partial charge in [0, 0.05) is 16.8 Å². The number of ether oxygens (including phenoxy) is 1. The first-order chi connectivity index (χ1) is 17.3. The van der Waals surface area contributed by atoms with Crippen molar-refractivity contribution in [2.45, 2.75) is 11.5 Å². The molecular weight excluding hydrogens is 478 g/mol. The molecule has 0 atom stereocenters. The van der Waals surface area contributed by atoms with Crippen molar-refractivity contribution >= 4 is 43.3 Å². The molecule has 5 rings (SSSR count). The molecule has 0 aromatic heterocycles. The number of phenols is 1. The molecule has 0 saturated heterocycles. The summed E-state index contributed by atoms with van der Waals surface area (Å²) in [4.78, 5) is 13.2. The molecule has 8 heteroatoms. The van der Waals surface area contributed by atoms with Crippen LogP contribution in [-0.4, -0.2) is 24.0 Å². The lowest BCUT2D eigenvalue weighted by molar-refractivity contribution is 0.102. The van der Waals surface area contributed by atoms with Gasteiger partial charge in [-0.2, -0.15) is 8.42 Å². The van der Waals surface area contributed by atoms with Crippen LogP contribution in [0.4, 0.5) is 5.69 Å². The van der Waals surface area contributed by atoms with Crippen LogP contribution in [-0.2, 0) is 16.7 Å². The largest absolute Gasteiger partial charge is 0.506 e. The number of carbonyl (C=O) groups is 1. The first-order valence-electron chi connectivity index (χ1n) is 11.0. The monoisotopic (exact) mass is 499 g/mol. The molecule has 0 saturated carbocycles. The minimum absolute atomic E-state index is 0.0185. The van der Waals surface area contributed by atoms with E-state index >= 15 is 0 Å². The summed E-state index contributed by atoms with van der Waals surface area (Å²) in [6, 6.07) is 27.7. The van der Waals surface area contributed by atoms with E-state index in [1.54, 1.807) is 30.3 Å². The number of benzene rings is 5. The average molecular weight is 500 g/mol. The van der Waals surface area contributed by atoms with Gasteiger partial charge in [0.1, 0.15) is 23.0 Å². The highest BCUT2D eigenvalue weighted by molar-refractivity contribution is 7.86. The van der Waals surface area contributed by atoms with Crippen molar-refractivity contribution in [3.63, 3.8) is 0 Å². The van der Waals surface area contributed by atoms with Crippen LogP contribution in [0.15, 0.2) is 102 Å². The third-order valence-corrected chi connectivity index (χ3v) is 6.75. The standard InChI is InChI=1S/C28H21NO6S/c30-23-16-25(36(32,33)34)21-12-6-7-13-22(21)27(23)29-28(31)26-20-11-5-4-10-19(20)14-15-24(26)35-17-18-8-2-1-3-9-18/h1-16,30H,17H2,(H,29,31)(H,32,33,34). The fourth-order valence-electron chi connectivity index (χ4n) is 4.19. The minimum Gasteiger partial charge on any atom is -0.506 e. The number of anilines is 1. The summed E-state index contributed by atoms with van der Waals surface area (Å²) < 4.78 is 39.4. The molecule has 1 amide bonds. The summed E-state index contributed by atoms with van der Waals surface area (Å²) in [6.45, 7) is 0.247. The molecule has 5 aromatic rings. The summed E-state index contributed by atoms with van der Waals surface area (Å²) in [7, 11) is -4.61. The van der Waals surface area contributed by atoms with Gasteiger partial charge in [0.05, 0.1) is 11.3 Å². The Hall–Kier alpha value is -4.40. The second-order valence-electron chi connectivity index (χ2n) is 8.18. The molecule has 0 unspecified atom stereocenters. The Kier molecular flexibility index (Phi) is 6.05. The maximum atomic E-state index is 13.7. The third kappa shape index (κ3) is 4.47. The molecule has 0 aliphatic rings. The van der Waals surface area contributed by atoms with E-state index in [9.17, 15) is 22.9 Å². The Labute approximate surface area is 207 Å². The van der Waals surface area contributed by atoms with Crippen LogP contribution in [0, 0.1) is 0 Å². The number of hydrogen-bond donors (Lipinski definition) is 3. The summed E-state index contributed by atoms with van der Waals surface area (Å²) in [6.07, 6.45) is 0. The van der Waals surface area contributed by atoms with Gasteiger partial charge in [-0.3, -0.25) is 9.35 Å². The van der Waals surface area contributed by atoms with Gasteiger partial charge in [-0.15, -0.1) is 0 Å². The average Bonchev–Trinajstić information content (AvgIpc) is 2.88. The topological polar surface area (TPSA) is 113 Å². The lowest BCUT2D eigenvalue weighted by Gasteiger charge is -2.17. The number of phenolic OH excluding ortho intramolecular Hbond substituents is 1. The molecule has 180 valence electrons. The van der Waals surface area contributed by atoms with E-state index in [0.29, 0.717) is 11.1 Å². The van der Waals surface area contributed by atoms with Gasteiger partial charge >= 0.3 is 0 Å². The zero-order valence-corrected chi connectivity index (χ0v) is 19.7. The van der Waals surface area contributed by atoms with Crippen LogP contribution in [0.3, 0.4) is 0 Å². The van der Waals surface area contributed by atoms with E-state index in [1.807, 2.05) is 54.6 Å². The molecule has 0 radical (unpaired) electrons. The van der Waals surface area contributed by atoms with Crippen molar-refractivity contribution in [2.24, 2.45) is 0 Å². The molecule has 0 heterocycles. The van der Waals surface area contributed by atoms with Crippen LogP contribution in [0.2, 0.25) is 0 Å². The van der Waals surface area contributed by atoms with E-state index in [-0.39, 0.29) is 28.6 Å². The molecule has 0 aliphatic heterocycles. The van der Waals surface area contributed by atoms with Gasteiger partial charge in [-0.1, -0.05) is 84.9 Å². The maximum absolute atomic E-state index is 13.7. The normalized spacial score (nSPS) is 11.5. The van der Waals surface area contributed by atoms with Crippen molar-refractivity contribution in [1.29, 1.82) is 0 Å². The predicted molar refractivity (Wildman–Crippen MR) is 138 cm³/mol. The number of aromatic hydroxyl groups is 1. The smallest absolute Gasteiger partial charge is 0.295 e. The van der Waals surface area contributed by atoms with Gasteiger partial charge < -0.3 is 15.2 Å². The fraction of sp³-hybridized carbons (Fsp3) is 0.0357. The summed E-state index contributed by atoms with van der Waals surface area (Å²) in [5.41, 5.74) is 1.22. The molecule has 3 N–H and O–H groups in total. The van der Waals surface area contributed by atoms with Crippen molar-refractivity contribution in [2.75, 3.05) is 5.32 Å². The number of hydrogen-bond acceptors (Lipinski definition) is 5. The molecule has 0 fully saturated rings. The first kappa shape index (κ1) is 23.3. The Morgan fingerprint density at radius 1 is 0.806 bits per heavy atom. The summed E-state index contributed by atoms with van der Waals surface area (Å²) >= 11 is 0. The minimum atomic E-state index is -4.61. The molecule has 36 heavy (non-hydrogen) atoms. The van der Waals surface area contributed by atoms with Gasteiger partial charge in [0.2, 0.25) is 0 Å². The molecule has 0 spiro atoms. The van der Waals surface area contributed by atoms with E-state index in [4.69, 9.17) is 4.74 Å². The molecule has 7 nitrogen and oxygen atoms in total. The van der Waals surface area contributed by atoms with Crippen LogP contribution < -0.4 is 10.1 Å². The number of carbonyl (C=O) groups excluding carboxylic acids is 1. The van der Waals surface area contributed by atoms with Crippen molar-refractivity contribution in [1.82, 2.24) is 0 Å². The Morgan fingerprint density at radius 2 is 1.44 bits per heavy atom. The Morgan fingerprint density at radius 3 is 2.17 bits per heavy atom. The Bertz CT molecular complexity index is 1720. The molecule has 0 aliphatic carbocycles. The number of fused-ring (bicyclic) bond motifs is 2. The van der Waals surface area contributed by atoms with Gasteiger partial charge in [-0.25, -0.2) is 0 Å². The highest BCUT2D eigenvalue weighted by Gasteiger charge is 2.23. The van der Waals surface area contributed by atoms with Crippen LogP contribution in [0.5, 0.6) is 11.5 Å². The zero-order valence-electron chi connectivity index (χ0n) is 18.9. The number of rotatable bonds is 6. The van der Waals surface area contributed by atoms with Crippen LogP contribution in [0.1, 0.15) is 15.9 Å². The van der Waals surface area contributed by atoms with Crippen molar-refractivity contribution in [3.8, 4) is 11.5 Å². The summed E-state index contributed by atoms with van der Waals surface area (Å²) in [5.74, 6) is -0.690. The van der Waals surface area contributed by atoms with E-state index in [2.05, 4.69) is 5.32 Å². The van der Waals surface area contributed by atoms with E-state index in [1.165, 1.54) is 6.07 Å². The zero-order chi connectivity index (χ0) is 25.3. The third-order valence-electron chi connectivity index (χ3n) is 5.86. The van der Waals surface area contributed by atoms with E-state index < -0.39 is 26.7 Å². The maximum Gasteiger partial charge on any atom is 0.295 e. The molecular formula is C28H21NO6S. The van der Waals surface area contributed by atoms with Gasteiger partial charge in [0.25, 0.3) is 16.0 Å². The van der Waals surface area contributed by atoms with Crippen molar-refractivity contribution < 1.29 is 27.6 Å². The lowest BCUT2D eigenvalue weighted by Crippen LogP contribution is -2.15. The van der Waals surface area contributed by atoms with Crippen molar-refractivity contribution in [3.05, 3.63) is 108 Å². The number of amides is 1. The quantitative estimate of drug-likeness (QED) is 0.202. The SMILES string of the molecule is O=C(Nc1c(O)cc(S(=O)(=O)O)c2ccccc12)c1c(OCc2ccccc2)ccc2ccccc12. The highest BCUT2D eigenvalue weighted by atomic mass is 32.2. The first-order valence-corrected chi connectivity index (χ1v) is 12.5. The highest BCUT2D eigenvalue weighted by Crippen LogP contribution is 2.38. The van der Waals surface area contributed by atoms with E-state index in [0.717, 1.165) is 17.0 Å². The van der Waals surface area contributed by atoms with Gasteiger partial charge in [0.15, 0.2) is 0 Å². The fourth-order valence-corrected chi connectivity index (χ4v) is 4.91. The van der Waals surface area contributed by atoms with Crippen LogP contribution in [0.25, 0.3) is 21.5 Å². The molecule has 5 aromatic carbocycles.